The van der Waals surface area contributed by atoms with Gasteiger partial charge in [0.2, 0.25) is 0 Å². The molecule has 238 valence electrons. The highest BCUT2D eigenvalue weighted by atomic mass is 32.2. The van der Waals surface area contributed by atoms with E-state index in [1.165, 1.54) is 36.1 Å². The quantitative estimate of drug-likeness (QED) is 0.381. The SMILES string of the molecule is CC[C@H]1CCN2CC[C@H](CSC[C@H]3CCN4CC[C@H](CO[Si](c5ccccc5)(c5ccccc5)C(C)(C)C)N=C4N3)N=C2N1. The molecule has 4 aliphatic heterocycles. The van der Waals surface area contributed by atoms with Gasteiger partial charge in [-0.2, -0.15) is 11.8 Å². The number of fused-ring (bicyclic) bond motifs is 2. The van der Waals surface area contributed by atoms with Crippen molar-refractivity contribution < 1.29 is 4.43 Å². The van der Waals surface area contributed by atoms with Gasteiger partial charge in [0.05, 0.1) is 18.7 Å². The molecule has 0 amide bonds. The Kier molecular flexibility index (Phi) is 9.93. The van der Waals surface area contributed by atoms with E-state index in [0.717, 1.165) is 56.0 Å². The average molecular weight is 633 g/mol. The van der Waals surface area contributed by atoms with E-state index in [-0.39, 0.29) is 11.1 Å². The van der Waals surface area contributed by atoms with Gasteiger partial charge < -0.3 is 24.9 Å². The molecular weight excluding hydrogens is 581 g/mol. The number of benzene rings is 2. The molecule has 2 N–H and O–H groups in total. The van der Waals surface area contributed by atoms with Crippen molar-refractivity contribution in [2.24, 2.45) is 9.98 Å². The lowest BCUT2D eigenvalue weighted by atomic mass is 10.1. The first-order valence-corrected chi connectivity index (χ1v) is 19.9. The van der Waals surface area contributed by atoms with Crippen LogP contribution in [-0.4, -0.2) is 98.5 Å². The van der Waals surface area contributed by atoms with E-state index in [1.807, 2.05) is 0 Å². The third kappa shape index (κ3) is 6.85. The summed E-state index contributed by atoms with van der Waals surface area (Å²) < 4.78 is 7.26. The number of hydrogen-bond acceptors (Lipinski definition) is 8. The smallest absolute Gasteiger partial charge is 0.261 e. The Hall–Kier alpha value is -2.49. The van der Waals surface area contributed by atoms with Gasteiger partial charge in [-0.05, 0) is 47.5 Å². The van der Waals surface area contributed by atoms with Gasteiger partial charge in [0, 0.05) is 49.8 Å². The lowest BCUT2D eigenvalue weighted by Crippen LogP contribution is -2.67. The van der Waals surface area contributed by atoms with Gasteiger partial charge in [0.25, 0.3) is 8.32 Å². The molecular formula is C35H52N6OSSi. The summed E-state index contributed by atoms with van der Waals surface area (Å²) in [5.41, 5.74) is 0. The molecule has 6 rings (SSSR count). The van der Waals surface area contributed by atoms with Crippen LogP contribution in [0.2, 0.25) is 5.04 Å². The van der Waals surface area contributed by atoms with Crippen LogP contribution in [0.15, 0.2) is 70.6 Å². The second kappa shape index (κ2) is 13.9. The van der Waals surface area contributed by atoms with Crippen LogP contribution in [0.4, 0.5) is 0 Å². The van der Waals surface area contributed by atoms with Crippen molar-refractivity contribution in [3.63, 3.8) is 0 Å². The van der Waals surface area contributed by atoms with Crippen LogP contribution in [0.1, 0.15) is 59.8 Å². The predicted molar refractivity (Wildman–Crippen MR) is 189 cm³/mol. The maximum absolute atomic E-state index is 7.26. The summed E-state index contributed by atoms with van der Waals surface area (Å²) in [5.74, 6) is 4.43. The van der Waals surface area contributed by atoms with E-state index in [0.29, 0.717) is 24.7 Å². The van der Waals surface area contributed by atoms with Crippen molar-refractivity contribution in [3.8, 4) is 0 Å². The molecule has 44 heavy (non-hydrogen) atoms. The Bertz CT molecular complexity index is 1250. The largest absolute Gasteiger partial charge is 0.405 e. The molecule has 4 atom stereocenters. The zero-order valence-electron chi connectivity index (χ0n) is 27.2. The summed E-state index contributed by atoms with van der Waals surface area (Å²) in [5, 5.41) is 10.1. The molecule has 0 unspecified atom stereocenters. The number of guanidine groups is 2. The summed E-state index contributed by atoms with van der Waals surface area (Å²) in [6.07, 6.45) is 5.78. The zero-order valence-corrected chi connectivity index (χ0v) is 29.0. The second-order valence-corrected chi connectivity index (χ2v) is 19.3. The minimum absolute atomic E-state index is 0.0267. The van der Waals surface area contributed by atoms with E-state index in [4.69, 9.17) is 14.4 Å². The first kappa shape index (κ1) is 31.5. The Morgan fingerprint density at radius 2 is 1.27 bits per heavy atom. The van der Waals surface area contributed by atoms with Crippen LogP contribution in [0.25, 0.3) is 0 Å². The third-order valence-electron chi connectivity index (χ3n) is 9.87. The molecule has 7 nitrogen and oxygen atoms in total. The topological polar surface area (TPSA) is 64.5 Å². The van der Waals surface area contributed by atoms with E-state index < -0.39 is 8.32 Å². The standard InChI is InChI=1S/C35H52N6OSSi/c1-5-27-16-20-40-22-18-29(38-33(40)36-27)25-43-26-30-19-23-41-21-17-28(37-34(41)39-30)24-42-44(35(2,3)4,31-12-8-6-9-13-31)32-14-10-7-11-15-32/h6-15,27-30H,5,16-26H2,1-4H3,(H,36,38)(H,37,39)/t27-,28+,29+,30+/m0/s1. The molecule has 0 spiro atoms. The zero-order chi connectivity index (χ0) is 30.6. The Balaban J connectivity index is 1.08. The van der Waals surface area contributed by atoms with Crippen LogP contribution in [-0.2, 0) is 4.43 Å². The Morgan fingerprint density at radius 1 is 0.750 bits per heavy atom. The van der Waals surface area contributed by atoms with E-state index in [2.05, 4.69) is 121 Å². The summed E-state index contributed by atoms with van der Waals surface area (Å²) >= 11 is 2.06. The van der Waals surface area contributed by atoms with Gasteiger partial charge in [0.1, 0.15) is 0 Å². The molecule has 4 aliphatic rings. The number of nitrogens with one attached hydrogen (secondary N) is 2. The Morgan fingerprint density at radius 3 is 1.86 bits per heavy atom. The predicted octanol–water partition coefficient (Wildman–Crippen LogP) is 4.29. The van der Waals surface area contributed by atoms with Gasteiger partial charge in [-0.1, -0.05) is 88.4 Å². The molecule has 0 bridgehead atoms. The molecule has 0 saturated carbocycles. The molecule has 2 aromatic carbocycles. The summed E-state index contributed by atoms with van der Waals surface area (Å²) in [4.78, 5) is 15.3. The minimum atomic E-state index is -2.57. The van der Waals surface area contributed by atoms with E-state index in [9.17, 15) is 0 Å². The number of hydrogen-bond donors (Lipinski definition) is 2. The Labute approximate surface area is 270 Å². The van der Waals surface area contributed by atoms with Crippen LogP contribution in [0.3, 0.4) is 0 Å². The van der Waals surface area contributed by atoms with Gasteiger partial charge in [-0.25, -0.2) is 9.98 Å². The lowest BCUT2D eigenvalue weighted by molar-refractivity contribution is 0.233. The van der Waals surface area contributed by atoms with Crippen molar-refractivity contribution in [2.75, 3.05) is 44.3 Å². The highest BCUT2D eigenvalue weighted by Gasteiger charge is 2.50. The molecule has 9 heteroatoms. The van der Waals surface area contributed by atoms with Gasteiger partial charge >= 0.3 is 0 Å². The second-order valence-electron chi connectivity index (χ2n) is 13.9. The van der Waals surface area contributed by atoms with Crippen molar-refractivity contribution >= 4 is 42.4 Å². The van der Waals surface area contributed by atoms with Gasteiger partial charge in [0.15, 0.2) is 11.9 Å². The first-order valence-electron chi connectivity index (χ1n) is 16.9. The van der Waals surface area contributed by atoms with Crippen molar-refractivity contribution in [2.45, 2.75) is 89.0 Å². The maximum Gasteiger partial charge on any atom is 0.261 e. The fourth-order valence-corrected chi connectivity index (χ4v) is 13.1. The summed E-state index contributed by atoms with van der Waals surface area (Å²) in [6, 6.07) is 23.5. The van der Waals surface area contributed by atoms with Crippen LogP contribution >= 0.6 is 11.8 Å². The molecule has 0 aromatic heterocycles. The monoisotopic (exact) mass is 632 g/mol. The fraction of sp³-hybridized carbons (Fsp3) is 0.600. The number of rotatable bonds is 10. The number of aliphatic imine (C=N–C) groups is 2. The molecule has 0 aliphatic carbocycles. The van der Waals surface area contributed by atoms with Crippen LogP contribution in [0, 0.1) is 0 Å². The normalized spacial score (nSPS) is 25.6. The first-order chi connectivity index (χ1) is 21.4. The molecule has 2 saturated heterocycles. The summed E-state index contributed by atoms with van der Waals surface area (Å²) in [6.45, 7) is 14.4. The van der Waals surface area contributed by atoms with Crippen LogP contribution in [0.5, 0.6) is 0 Å². The molecule has 2 fully saturated rings. The van der Waals surface area contributed by atoms with E-state index >= 15 is 0 Å². The molecule has 4 heterocycles. The number of thioether (sulfide) groups is 1. The third-order valence-corrected chi connectivity index (χ3v) is 16.1. The van der Waals surface area contributed by atoms with Crippen LogP contribution < -0.4 is 21.0 Å². The summed E-state index contributed by atoms with van der Waals surface area (Å²) in [7, 11) is -2.57. The molecule has 0 radical (unpaired) electrons. The number of nitrogens with zero attached hydrogens (tertiary/aromatic N) is 4. The van der Waals surface area contributed by atoms with Gasteiger partial charge in [-0.15, -0.1) is 0 Å². The van der Waals surface area contributed by atoms with Crippen molar-refractivity contribution in [3.05, 3.63) is 60.7 Å². The average Bonchev–Trinajstić information content (AvgIpc) is 3.05. The highest BCUT2D eigenvalue weighted by Crippen LogP contribution is 2.37. The minimum Gasteiger partial charge on any atom is -0.405 e. The van der Waals surface area contributed by atoms with Crippen molar-refractivity contribution in [1.82, 2.24) is 20.4 Å². The highest BCUT2D eigenvalue weighted by molar-refractivity contribution is 7.99. The maximum atomic E-state index is 7.26. The van der Waals surface area contributed by atoms with Crippen molar-refractivity contribution in [1.29, 1.82) is 0 Å². The fourth-order valence-electron chi connectivity index (χ4n) is 7.29. The van der Waals surface area contributed by atoms with E-state index in [1.54, 1.807) is 0 Å². The molecule has 2 aromatic rings. The van der Waals surface area contributed by atoms with Gasteiger partial charge in [-0.3, -0.25) is 0 Å². The lowest BCUT2D eigenvalue weighted by Gasteiger charge is -2.44.